The summed E-state index contributed by atoms with van der Waals surface area (Å²) in [5, 5.41) is 10.0. The van der Waals surface area contributed by atoms with Crippen molar-refractivity contribution in [2.45, 2.75) is 30.3 Å². The zero-order valence-corrected chi connectivity index (χ0v) is 17.2. The van der Waals surface area contributed by atoms with Gasteiger partial charge in [-0.15, -0.1) is 0 Å². The van der Waals surface area contributed by atoms with E-state index < -0.39 is 21.8 Å². The van der Waals surface area contributed by atoms with Gasteiger partial charge in [0, 0.05) is 18.6 Å². The van der Waals surface area contributed by atoms with Gasteiger partial charge in [0.15, 0.2) is 5.12 Å². The Morgan fingerprint density at radius 1 is 1.17 bits per heavy atom. The number of hydrogen-bond acceptors (Lipinski definition) is 7. The predicted octanol–water partition coefficient (Wildman–Crippen LogP) is 3.26. The molecule has 2 atom stereocenters. The number of halogens is 1. The number of nitro groups is 1. The number of hydrogen-bond donors (Lipinski definition) is 0. The number of amides is 1. The smallest absolute Gasteiger partial charge is 0.345 e. The van der Waals surface area contributed by atoms with Crippen LogP contribution in [0.2, 0.25) is 0 Å². The largest absolute Gasteiger partial charge is 0.458 e. The van der Waals surface area contributed by atoms with Crippen LogP contribution in [0.3, 0.4) is 0 Å². The van der Waals surface area contributed by atoms with Crippen LogP contribution in [-0.2, 0) is 32.1 Å². The van der Waals surface area contributed by atoms with Gasteiger partial charge in [-0.2, -0.15) is 0 Å². The molecule has 0 spiro atoms. The maximum Gasteiger partial charge on any atom is 0.345 e. The monoisotopic (exact) mass is 448 g/mol. The lowest BCUT2D eigenvalue weighted by Gasteiger charge is -2.41. The lowest BCUT2D eigenvalue weighted by molar-refractivity contribution is -0.384. The highest BCUT2D eigenvalue weighted by molar-refractivity contribution is 8.14. The molecule has 0 radical (unpaired) electrons. The minimum Gasteiger partial charge on any atom is -0.458 e. The van der Waals surface area contributed by atoms with Crippen LogP contribution in [0.1, 0.15) is 17.5 Å². The molecule has 10 heteroatoms. The standard InChI is InChI=1S/C20H17ClN2O6S/c21-19(20(26)29-12-14-6-8-15(9-7-14)23(27)28)22-16(24)11-17(22)30-18(25)10-13-4-2-1-3-5-13/h1-9,17,19H,10-12H2/t17-,19?/m1/s1. The highest BCUT2D eigenvalue weighted by Crippen LogP contribution is 2.34. The first-order chi connectivity index (χ1) is 14.3. The van der Waals surface area contributed by atoms with Crippen LogP contribution in [0.4, 0.5) is 5.69 Å². The van der Waals surface area contributed by atoms with Crippen molar-refractivity contribution in [2.75, 3.05) is 0 Å². The molecule has 1 fully saturated rings. The summed E-state index contributed by atoms with van der Waals surface area (Å²) in [5.41, 5.74) is -0.0355. The molecular weight excluding hydrogens is 432 g/mol. The lowest BCUT2D eigenvalue weighted by Crippen LogP contribution is -2.57. The van der Waals surface area contributed by atoms with E-state index in [-0.39, 0.29) is 36.2 Å². The van der Waals surface area contributed by atoms with Gasteiger partial charge in [0.2, 0.25) is 11.4 Å². The minimum atomic E-state index is -1.36. The van der Waals surface area contributed by atoms with Crippen molar-refractivity contribution in [1.29, 1.82) is 0 Å². The summed E-state index contributed by atoms with van der Waals surface area (Å²) in [5.74, 6) is -1.17. The van der Waals surface area contributed by atoms with Gasteiger partial charge in [-0.25, -0.2) is 4.79 Å². The summed E-state index contributed by atoms with van der Waals surface area (Å²) >= 11 is 7.08. The average Bonchev–Trinajstić information content (AvgIpc) is 2.72. The van der Waals surface area contributed by atoms with Crippen LogP contribution < -0.4 is 0 Å². The molecule has 1 aliphatic rings. The molecule has 3 rings (SSSR count). The Kier molecular flexibility index (Phi) is 7.07. The molecule has 1 saturated heterocycles. The molecule has 1 amide bonds. The van der Waals surface area contributed by atoms with Crippen LogP contribution in [0.15, 0.2) is 54.6 Å². The number of nitro benzene ring substituents is 1. The van der Waals surface area contributed by atoms with Crippen LogP contribution in [0.5, 0.6) is 0 Å². The summed E-state index contributed by atoms with van der Waals surface area (Å²) < 4.78 is 5.12. The Bertz CT molecular complexity index is 954. The quantitative estimate of drug-likeness (QED) is 0.152. The van der Waals surface area contributed by atoms with E-state index in [1.54, 1.807) is 0 Å². The molecule has 1 unspecified atom stereocenters. The average molecular weight is 449 g/mol. The fourth-order valence-electron chi connectivity index (χ4n) is 2.78. The molecule has 30 heavy (non-hydrogen) atoms. The van der Waals surface area contributed by atoms with Crippen molar-refractivity contribution in [3.63, 3.8) is 0 Å². The van der Waals surface area contributed by atoms with Gasteiger partial charge in [-0.05, 0) is 23.3 Å². The summed E-state index contributed by atoms with van der Waals surface area (Å²) in [6, 6.07) is 14.7. The second-order valence-corrected chi connectivity index (χ2v) is 8.13. The molecule has 156 valence electrons. The van der Waals surface area contributed by atoms with E-state index in [0.29, 0.717) is 5.56 Å². The number of esters is 1. The lowest BCUT2D eigenvalue weighted by atomic mass is 10.2. The van der Waals surface area contributed by atoms with Crippen LogP contribution in [0, 0.1) is 10.1 Å². The van der Waals surface area contributed by atoms with Gasteiger partial charge in [0.05, 0.1) is 16.7 Å². The van der Waals surface area contributed by atoms with E-state index >= 15 is 0 Å². The molecule has 2 aromatic rings. The highest BCUT2D eigenvalue weighted by atomic mass is 35.5. The third-order valence-corrected chi connectivity index (χ3v) is 5.83. The highest BCUT2D eigenvalue weighted by Gasteiger charge is 2.45. The van der Waals surface area contributed by atoms with E-state index in [1.807, 2.05) is 30.3 Å². The van der Waals surface area contributed by atoms with Gasteiger partial charge in [0.25, 0.3) is 5.69 Å². The molecule has 0 aromatic heterocycles. The first-order valence-corrected chi connectivity index (χ1v) is 10.3. The maximum atomic E-state index is 12.3. The number of likely N-dealkylation sites (tertiary alicyclic amines) is 1. The molecule has 1 aliphatic heterocycles. The van der Waals surface area contributed by atoms with Gasteiger partial charge in [-0.3, -0.25) is 19.7 Å². The summed E-state index contributed by atoms with van der Waals surface area (Å²) in [6.07, 6.45) is 0.325. The van der Waals surface area contributed by atoms with Crippen molar-refractivity contribution in [3.05, 3.63) is 75.8 Å². The van der Waals surface area contributed by atoms with Gasteiger partial charge in [-0.1, -0.05) is 53.7 Å². The second-order valence-electron chi connectivity index (χ2n) is 6.48. The van der Waals surface area contributed by atoms with Crippen molar-refractivity contribution in [1.82, 2.24) is 4.90 Å². The summed E-state index contributed by atoms with van der Waals surface area (Å²) in [6.45, 7) is -0.146. The van der Waals surface area contributed by atoms with Crippen molar-refractivity contribution in [3.8, 4) is 0 Å². The summed E-state index contributed by atoms with van der Waals surface area (Å²) in [4.78, 5) is 47.7. The number of ether oxygens (including phenoxy) is 1. The summed E-state index contributed by atoms with van der Waals surface area (Å²) in [7, 11) is 0. The van der Waals surface area contributed by atoms with Gasteiger partial charge in [0.1, 0.15) is 6.61 Å². The molecule has 0 N–H and O–H groups in total. The van der Waals surface area contributed by atoms with Crippen LogP contribution in [-0.4, -0.2) is 37.7 Å². The fraction of sp³-hybridized carbons (Fsp3) is 0.250. The van der Waals surface area contributed by atoms with Gasteiger partial charge < -0.3 is 9.64 Å². The van der Waals surface area contributed by atoms with Gasteiger partial charge >= 0.3 is 5.97 Å². The molecule has 0 aliphatic carbocycles. The Hall–Kier alpha value is -2.91. The Labute approximate surface area is 181 Å². The molecule has 8 nitrogen and oxygen atoms in total. The van der Waals surface area contributed by atoms with Crippen molar-refractivity contribution < 1.29 is 24.0 Å². The normalized spacial score (nSPS) is 16.5. The number of rotatable bonds is 8. The number of non-ortho nitro benzene ring substituents is 1. The van der Waals surface area contributed by atoms with Crippen molar-refractivity contribution >= 4 is 46.0 Å². The number of β-lactam (4-membered cyclic amide) rings is 1. The number of alkyl halides is 1. The zero-order chi connectivity index (χ0) is 21.7. The first-order valence-electron chi connectivity index (χ1n) is 8.94. The second kappa shape index (κ2) is 9.73. The number of carbonyl (C=O) groups is 3. The molecule has 0 bridgehead atoms. The van der Waals surface area contributed by atoms with E-state index in [0.717, 1.165) is 22.2 Å². The third kappa shape index (κ3) is 5.37. The Morgan fingerprint density at radius 3 is 2.43 bits per heavy atom. The third-order valence-electron chi connectivity index (χ3n) is 4.37. The zero-order valence-electron chi connectivity index (χ0n) is 15.6. The maximum absolute atomic E-state index is 12.3. The fourth-order valence-corrected chi connectivity index (χ4v) is 4.29. The van der Waals surface area contributed by atoms with Crippen LogP contribution >= 0.6 is 23.4 Å². The van der Waals surface area contributed by atoms with E-state index in [1.165, 1.54) is 24.3 Å². The number of nitrogens with zero attached hydrogens (tertiary/aromatic N) is 2. The van der Waals surface area contributed by atoms with E-state index in [4.69, 9.17) is 16.3 Å². The number of thioether (sulfide) groups is 1. The number of carbonyl (C=O) groups excluding carboxylic acids is 3. The Morgan fingerprint density at radius 2 is 1.83 bits per heavy atom. The van der Waals surface area contributed by atoms with E-state index in [2.05, 4.69) is 0 Å². The van der Waals surface area contributed by atoms with Crippen molar-refractivity contribution in [2.24, 2.45) is 0 Å². The molecule has 2 aromatic carbocycles. The first kappa shape index (κ1) is 21.8. The minimum absolute atomic E-state index is 0.0773. The molecule has 0 saturated carbocycles. The predicted molar refractivity (Wildman–Crippen MR) is 111 cm³/mol. The Balaban J connectivity index is 1.51. The number of benzene rings is 2. The SMILES string of the molecule is O=C(Cc1ccccc1)S[C@@H]1CC(=O)N1C(Cl)C(=O)OCc1ccc([N+](=O)[O-])cc1. The van der Waals surface area contributed by atoms with E-state index in [9.17, 15) is 24.5 Å². The molecule has 1 heterocycles. The van der Waals surface area contributed by atoms with Crippen LogP contribution in [0.25, 0.3) is 0 Å². The topological polar surface area (TPSA) is 107 Å². The molecular formula is C20H17ClN2O6S.